The zero-order chi connectivity index (χ0) is 11.4. The fourth-order valence-electron chi connectivity index (χ4n) is 1.68. The number of hydrogen-bond acceptors (Lipinski definition) is 3. The van der Waals surface area contributed by atoms with Gasteiger partial charge in [0.1, 0.15) is 0 Å². The molecule has 1 aromatic rings. The average molecular weight is 232 g/mol. The van der Waals surface area contributed by atoms with Gasteiger partial charge in [0, 0.05) is 29.8 Å². The summed E-state index contributed by atoms with van der Waals surface area (Å²) in [7, 11) is 0. The highest BCUT2D eigenvalue weighted by atomic mass is 32.2. The van der Waals surface area contributed by atoms with E-state index in [1.807, 2.05) is 18.5 Å². The van der Waals surface area contributed by atoms with E-state index in [-0.39, 0.29) is 0 Å². The Kier molecular flexibility index (Phi) is 3.67. The number of rotatable bonds is 3. The second-order valence-electron chi connectivity index (χ2n) is 3.56. The molecule has 0 bridgehead atoms. The maximum absolute atomic E-state index is 4.36. The van der Waals surface area contributed by atoms with Crippen molar-refractivity contribution in [2.45, 2.75) is 18.7 Å². The maximum Gasteiger partial charge on any atom is 0.0942 e. The molecule has 0 spiro atoms. The van der Waals surface area contributed by atoms with Crippen LogP contribution in [0.5, 0.6) is 0 Å². The van der Waals surface area contributed by atoms with Gasteiger partial charge in [-0.2, -0.15) is 0 Å². The summed E-state index contributed by atoms with van der Waals surface area (Å²) in [5, 5.41) is 1.23. The number of nitrogens with zero attached hydrogens (tertiary/aromatic N) is 2. The Bertz CT molecular complexity index is 420. The minimum Gasteiger partial charge on any atom is -0.365 e. The van der Waals surface area contributed by atoms with Crippen molar-refractivity contribution in [3.63, 3.8) is 0 Å². The van der Waals surface area contributed by atoms with Gasteiger partial charge in [-0.15, -0.1) is 0 Å². The summed E-state index contributed by atoms with van der Waals surface area (Å²) in [5.74, 6) is 0. The van der Waals surface area contributed by atoms with Crippen LogP contribution in [0.25, 0.3) is 0 Å². The minimum absolute atomic E-state index is 1.02. The number of hydrogen-bond donors (Lipinski definition) is 0. The molecule has 1 heterocycles. The topological polar surface area (TPSA) is 15.6 Å². The quantitative estimate of drug-likeness (QED) is 0.794. The first-order chi connectivity index (χ1) is 7.85. The fraction of sp³-hybridized carbons (Fsp3) is 0.308. The molecular formula is C13H16N2S. The molecule has 0 aromatic heterocycles. The van der Waals surface area contributed by atoms with Crippen molar-refractivity contribution in [1.82, 2.24) is 4.90 Å². The van der Waals surface area contributed by atoms with Crippen LogP contribution in [0.3, 0.4) is 0 Å². The van der Waals surface area contributed by atoms with Gasteiger partial charge in [-0.1, -0.05) is 30.0 Å². The molecule has 1 aliphatic heterocycles. The standard InChI is InChI=1S/C13H16N2S/c1-3-15(4-2)13-10-14-9-11-7-5-6-8-12(11)16-13/h5-10H,3-4H2,1-2H3. The fourth-order valence-corrected chi connectivity index (χ4v) is 2.79. The zero-order valence-electron chi connectivity index (χ0n) is 9.68. The van der Waals surface area contributed by atoms with Gasteiger partial charge < -0.3 is 4.90 Å². The molecule has 3 heteroatoms. The predicted octanol–water partition coefficient (Wildman–Crippen LogP) is 3.35. The molecule has 0 saturated heterocycles. The van der Waals surface area contributed by atoms with Crippen LogP contribution in [0.4, 0.5) is 0 Å². The first kappa shape index (κ1) is 11.3. The van der Waals surface area contributed by atoms with Gasteiger partial charge in [-0.25, -0.2) is 0 Å². The van der Waals surface area contributed by atoms with Gasteiger partial charge in [0.2, 0.25) is 0 Å². The molecule has 0 amide bonds. The van der Waals surface area contributed by atoms with Gasteiger partial charge in [0.15, 0.2) is 0 Å². The van der Waals surface area contributed by atoms with Crippen LogP contribution in [0, 0.1) is 0 Å². The Morgan fingerprint density at radius 3 is 2.69 bits per heavy atom. The lowest BCUT2D eigenvalue weighted by Gasteiger charge is -2.22. The van der Waals surface area contributed by atoms with Crippen molar-refractivity contribution in [1.29, 1.82) is 0 Å². The summed E-state index contributed by atoms with van der Waals surface area (Å²) < 4.78 is 0. The van der Waals surface area contributed by atoms with Crippen molar-refractivity contribution in [2.24, 2.45) is 4.99 Å². The summed E-state index contributed by atoms with van der Waals surface area (Å²) in [4.78, 5) is 7.96. The highest BCUT2D eigenvalue weighted by molar-refractivity contribution is 8.03. The first-order valence-corrected chi connectivity index (χ1v) is 6.42. The lowest BCUT2D eigenvalue weighted by Crippen LogP contribution is -2.20. The molecule has 0 radical (unpaired) electrons. The molecule has 2 nitrogen and oxygen atoms in total. The Labute approximate surface area is 101 Å². The van der Waals surface area contributed by atoms with Crippen LogP contribution in [-0.2, 0) is 0 Å². The second kappa shape index (κ2) is 5.21. The number of thioether (sulfide) groups is 1. The summed E-state index contributed by atoms with van der Waals surface area (Å²) >= 11 is 1.80. The number of benzene rings is 1. The third-order valence-electron chi connectivity index (χ3n) is 2.61. The van der Waals surface area contributed by atoms with E-state index in [0.29, 0.717) is 0 Å². The minimum atomic E-state index is 1.02. The van der Waals surface area contributed by atoms with Crippen LogP contribution in [0.2, 0.25) is 0 Å². The molecule has 0 N–H and O–H groups in total. The Morgan fingerprint density at radius 2 is 1.94 bits per heavy atom. The summed E-state index contributed by atoms with van der Waals surface area (Å²) in [6.07, 6.45) is 3.89. The highest BCUT2D eigenvalue weighted by Crippen LogP contribution is 2.32. The summed E-state index contributed by atoms with van der Waals surface area (Å²) in [6, 6.07) is 8.37. The van der Waals surface area contributed by atoms with Gasteiger partial charge >= 0.3 is 0 Å². The van der Waals surface area contributed by atoms with Crippen LogP contribution in [0.15, 0.2) is 45.4 Å². The zero-order valence-corrected chi connectivity index (χ0v) is 10.5. The maximum atomic E-state index is 4.36. The van der Waals surface area contributed by atoms with E-state index in [2.05, 4.69) is 41.9 Å². The molecule has 2 rings (SSSR count). The first-order valence-electron chi connectivity index (χ1n) is 5.60. The lowest BCUT2D eigenvalue weighted by molar-refractivity contribution is 0.408. The van der Waals surface area contributed by atoms with Crippen LogP contribution in [-0.4, -0.2) is 24.2 Å². The predicted molar refractivity (Wildman–Crippen MR) is 70.9 cm³/mol. The summed E-state index contributed by atoms with van der Waals surface area (Å²) in [5.41, 5.74) is 1.20. The molecule has 1 aliphatic rings. The largest absolute Gasteiger partial charge is 0.365 e. The molecule has 0 fully saturated rings. The molecule has 16 heavy (non-hydrogen) atoms. The van der Waals surface area contributed by atoms with Crippen molar-refractivity contribution in [3.05, 3.63) is 41.1 Å². The Balaban J connectivity index is 2.28. The molecule has 84 valence electrons. The second-order valence-corrected chi connectivity index (χ2v) is 4.62. The van der Waals surface area contributed by atoms with Gasteiger partial charge in [-0.05, 0) is 19.9 Å². The van der Waals surface area contributed by atoms with E-state index in [4.69, 9.17) is 0 Å². The van der Waals surface area contributed by atoms with Crippen molar-refractivity contribution >= 4 is 18.0 Å². The van der Waals surface area contributed by atoms with Crippen molar-refractivity contribution < 1.29 is 0 Å². The van der Waals surface area contributed by atoms with E-state index in [9.17, 15) is 0 Å². The number of aliphatic imine (C=N–C) groups is 1. The monoisotopic (exact) mass is 232 g/mol. The van der Waals surface area contributed by atoms with Gasteiger partial charge in [-0.3, -0.25) is 4.99 Å². The van der Waals surface area contributed by atoms with E-state index in [1.165, 1.54) is 15.5 Å². The third kappa shape index (κ3) is 2.30. The highest BCUT2D eigenvalue weighted by Gasteiger charge is 2.11. The van der Waals surface area contributed by atoms with Crippen LogP contribution in [0.1, 0.15) is 19.4 Å². The van der Waals surface area contributed by atoms with Crippen molar-refractivity contribution in [2.75, 3.05) is 13.1 Å². The van der Waals surface area contributed by atoms with Crippen LogP contribution >= 0.6 is 11.8 Å². The number of fused-ring (bicyclic) bond motifs is 1. The van der Waals surface area contributed by atoms with E-state index < -0.39 is 0 Å². The molecule has 0 unspecified atom stereocenters. The van der Waals surface area contributed by atoms with Crippen molar-refractivity contribution in [3.8, 4) is 0 Å². The van der Waals surface area contributed by atoms with Gasteiger partial charge in [0.05, 0.1) is 11.2 Å². The third-order valence-corrected chi connectivity index (χ3v) is 3.77. The average Bonchev–Trinajstić information content (AvgIpc) is 2.53. The summed E-state index contributed by atoms with van der Waals surface area (Å²) in [6.45, 7) is 6.39. The molecule has 0 saturated carbocycles. The molecular weight excluding hydrogens is 216 g/mol. The molecule has 0 aliphatic carbocycles. The SMILES string of the molecule is CCN(CC)C1=CN=Cc2ccccc2S1. The molecule has 1 aromatic carbocycles. The lowest BCUT2D eigenvalue weighted by atomic mass is 10.2. The smallest absolute Gasteiger partial charge is 0.0942 e. The van der Waals surface area contributed by atoms with Gasteiger partial charge in [0.25, 0.3) is 0 Å². The van der Waals surface area contributed by atoms with E-state index in [0.717, 1.165) is 13.1 Å². The van der Waals surface area contributed by atoms with Crippen LogP contribution < -0.4 is 0 Å². The normalized spacial score (nSPS) is 14.0. The van der Waals surface area contributed by atoms with E-state index in [1.54, 1.807) is 11.8 Å². The Hall–Kier alpha value is -1.22. The Morgan fingerprint density at radius 1 is 1.19 bits per heavy atom. The van der Waals surface area contributed by atoms with E-state index >= 15 is 0 Å². The molecule has 0 atom stereocenters.